The van der Waals surface area contributed by atoms with Crippen LogP contribution in [0.3, 0.4) is 0 Å². The number of nitrogens with zero attached hydrogens (tertiary/aromatic N) is 10. The Balaban J connectivity index is 0.831. The van der Waals surface area contributed by atoms with E-state index >= 15 is 0 Å². The molecular formula is C44H44F2N16O5. The number of aryl methyl sites for hydroxylation is 2. The van der Waals surface area contributed by atoms with Crippen molar-refractivity contribution in [3.05, 3.63) is 94.8 Å². The predicted molar refractivity (Wildman–Crippen MR) is 236 cm³/mol. The fourth-order valence-corrected chi connectivity index (χ4v) is 9.98. The number of anilines is 8. The number of H-pyrrole nitrogens is 1. The number of carbonyl (C=O) groups is 3. The summed E-state index contributed by atoms with van der Waals surface area (Å²) >= 11 is 0. The summed E-state index contributed by atoms with van der Waals surface area (Å²) in [5, 5.41) is 31.9. The molecule has 3 aliphatic carbocycles. The van der Waals surface area contributed by atoms with Gasteiger partial charge in [-0.3, -0.25) is 24.8 Å². The maximum Gasteiger partial charge on any atom is 0.301 e. The van der Waals surface area contributed by atoms with Gasteiger partial charge in [-0.25, -0.2) is 24.9 Å². The highest BCUT2D eigenvalue weighted by atomic mass is 19.1. The zero-order chi connectivity index (χ0) is 46.0. The van der Waals surface area contributed by atoms with Crippen LogP contribution in [0.2, 0.25) is 0 Å². The van der Waals surface area contributed by atoms with Crippen LogP contribution in [0.25, 0.3) is 0 Å². The molecule has 5 unspecified atom stereocenters. The van der Waals surface area contributed by atoms with Crippen LogP contribution in [0.4, 0.5) is 55.5 Å². The molecular weight excluding hydrogens is 871 g/mol. The minimum Gasteiger partial charge on any atom is -0.418 e. The molecule has 67 heavy (non-hydrogen) atoms. The lowest BCUT2D eigenvalue weighted by Gasteiger charge is -2.25. The summed E-state index contributed by atoms with van der Waals surface area (Å²) in [6.07, 6.45) is 10.4. The first-order valence-corrected chi connectivity index (χ1v) is 22.2. The summed E-state index contributed by atoms with van der Waals surface area (Å²) in [6, 6.07) is 5.70. The van der Waals surface area contributed by atoms with Crippen molar-refractivity contribution in [3.8, 4) is 0 Å². The summed E-state index contributed by atoms with van der Waals surface area (Å²) in [7, 11) is 0. The van der Waals surface area contributed by atoms with Gasteiger partial charge in [0.05, 0.1) is 47.0 Å². The van der Waals surface area contributed by atoms with Crippen LogP contribution in [0, 0.1) is 23.7 Å². The van der Waals surface area contributed by atoms with E-state index in [1.54, 1.807) is 6.07 Å². The van der Waals surface area contributed by atoms with Gasteiger partial charge >= 0.3 is 6.01 Å². The van der Waals surface area contributed by atoms with E-state index in [2.05, 4.69) is 46.4 Å². The Kier molecular flexibility index (Phi) is 10.4. The van der Waals surface area contributed by atoms with Crippen LogP contribution in [-0.4, -0.2) is 93.1 Å². The Labute approximate surface area is 379 Å². The molecule has 21 nitrogen and oxygen atoms in total. The molecule has 0 aromatic carbocycles. The first kappa shape index (κ1) is 42.0. The number of oxazole rings is 1. The number of pyridine rings is 2. The van der Waals surface area contributed by atoms with E-state index in [0.29, 0.717) is 85.7 Å². The van der Waals surface area contributed by atoms with Gasteiger partial charge in [-0.05, 0) is 94.4 Å². The number of aromatic amines is 1. The smallest absolute Gasteiger partial charge is 0.301 e. The highest BCUT2D eigenvalue weighted by Crippen LogP contribution is 2.58. The Bertz CT molecular complexity index is 2910. The van der Waals surface area contributed by atoms with Crippen LogP contribution in [0.15, 0.2) is 53.3 Å². The third-order valence-electron chi connectivity index (χ3n) is 13.4. The van der Waals surface area contributed by atoms with Crippen molar-refractivity contribution in [1.29, 1.82) is 0 Å². The minimum absolute atomic E-state index is 0.0216. The van der Waals surface area contributed by atoms with Gasteiger partial charge in [-0.2, -0.15) is 23.8 Å². The number of hydrogen-bond acceptors (Lipinski definition) is 17. The van der Waals surface area contributed by atoms with Crippen LogP contribution in [0.1, 0.15) is 77.3 Å². The number of primary amides is 1. The fourth-order valence-electron chi connectivity index (χ4n) is 9.98. The summed E-state index contributed by atoms with van der Waals surface area (Å²) < 4.78 is 32.6. The molecule has 3 amide bonds. The van der Waals surface area contributed by atoms with E-state index in [1.807, 2.05) is 9.80 Å². The number of nitrogens with two attached hydrogens (primary N) is 1. The number of halogens is 2. The third-order valence-corrected chi connectivity index (χ3v) is 13.4. The van der Waals surface area contributed by atoms with Gasteiger partial charge in [0.2, 0.25) is 41.4 Å². The predicted octanol–water partition coefficient (Wildman–Crippen LogP) is 3.96. The monoisotopic (exact) mass is 914 g/mol. The lowest BCUT2D eigenvalue weighted by Crippen LogP contribution is -2.40. The average Bonchev–Trinajstić information content (AvgIpc) is 4.12. The quantitative estimate of drug-likeness (QED) is 0.0807. The standard InChI is InChI=1S/C44H44F2N16O5/c45-33-11-9-22(17-48-33)51-39(64)29-8-3-13-61(29)41-53-27-6-1-4-24(27)37(56-41)55-35-15-32(59-60-35)44(66)16-26(44)21-14-30(40(65)52-23-10-12-34(46)49-18-23)62(20-21)42-54-28-7-2-5-25(28)38(57-42)58-43-50-19-31(67-43)36(47)63/h9-12,15,17-19,21,26,29-30,66H,1-8,13-14,16,20H2,(H2,47,63)(H,51,64)(H,52,65)(H,50,54,57,58)(H2,53,55,56,59,60). The van der Waals surface area contributed by atoms with Gasteiger partial charge in [0.25, 0.3) is 5.91 Å². The first-order valence-electron chi connectivity index (χ1n) is 22.2. The van der Waals surface area contributed by atoms with E-state index in [9.17, 15) is 28.3 Å². The zero-order valence-corrected chi connectivity index (χ0v) is 35.8. The van der Waals surface area contributed by atoms with Gasteiger partial charge in [-0.15, -0.1) is 0 Å². The Hall–Kier alpha value is -7.69. The normalized spacial score (nSPS) is 22.7. The van der Waals surface area contributed by atoms with E-state index in [-0.39, 0.29) is 41.4 Å². The third kappa shape index (κ3) is 8.08. The number of rotatable bonds is 13. The highest BCUT2D eigenvalue weighted by molar-refractivity contribution is 5.98. The molecule has 5 atom stereocenters. The van der Waals surface area contributed by atoms with E-state index in [1.165, 1.54) is 36.8 Å². The highest BCUT2D eigenvalue weighted by Gasteiger charge is 2.61. The van der Waals surface area contributed by atoms with E-state index in [4.69, 9.17) is 30.1 Å². The van der Waals surface area contributed by atoms with E-state index in [0.717, 1.165) is 60.7 Å². The molecule has 1 saturated carbocycles. The number of carbonyl (C=O) groups excluding carboxylic acids is 3. The maximum absolute atomic E-state index is 14.1. The summed E-state index contributed by atoms with van der Waals surface area (Å²) in [4.78, 5) is 74.1. The van der Waals surface area contributed by atoms with Gasteiger partial charge in [-0.1, -0.05) is 0 Å². The van der Waals surface area contributed by atoms with Crippen molar-refractivity contribution in [1.82, 2.24) is 45.1 Å². The Morgan fingerprint density at radius 1 is 0.791 bits per heavy atom. The number of nitrogens with one attached hydrogen (secondary N) is 5. The molecule has 2 aliphatic heterocycles. The molecule has 8 N–H and O–H groups in total. The van der Waals surface area contributed by atoms with Crippen LogP contribution in [0.5, 0.6) is 0 Å². The topological polar surface area (TPSA) is 284 Å². The fraction of sp³-hybridized carbons (Fsp3) is 0.386. The molecule has 8 heterocycles. The van der Waals surface area contributed by atoms with Crippen molar-refractivity contribution in [2.45, 2.75) is 81.9 Å². The molecule has 0 spiro atoms. The number of amides is 3. The molecule has 5 aliphatic rings. The number of aliphatic hydroxyl groups is 1. The molecule has 11 rings (SSSR count). The molecule has 344 valence electrons. The summed E-state index contributed by atoms with van der Waals surface area (Å²) in [5.41, 5.74) is 8.81. The first-order chi connectivity index (χ1) is 32.4. The molecule has 3 fully saturated rings. The van der Waals surface area contributed by atoms with Crippen molar-refractivity contribution < 1.29 is 32.7 Å². The van der Waals surface area contributed by atoms with Gasteiger partial charge in [0.15, 0.2) is 5.82 Å². The summed E-state index contributed by atoms with van der Waals surface area (Å²) in [5.74, 6) is -1.21. The second kappa shape index (κ2) is 16.6. The Morgan fingerprint density at radius 2 is 1.43 bits per heavy atom. The SMILES string of the molecule is NC(=O)c1cnc(Nc2nc(N3CC(C4CC4(O)c4cc(Nc5nc(N6CCCC6C(=O)Nc6ccc(F)nc6)nc6c5CCC6)n[nH]4)CC3C(=O)Nc3ccc(F)nc3)nc3c2CCC3)o1. The molecule has 6 aromatic heterocycles. The van der Waals surface area contributed by atoms with Crippen molar-refractivity contribution in [3.63, 3.8) is 0 Å². The van der Waals surface area contributed by atoms with Crippen molar-refractivity contribution in [2.24, 2.45) is 17.6 Å². The number of hydrogen-bond donors (Lipinski definition) is 7. The molecule has 0 bridgehead atoms. The summed E-state index contributed by atoms with van der Waals surface area (Å²) in [6.45, 7) is 0.892. The molecule has 23 heteroatoms. The Morgan fingerprint density at radius 3 is 2.06 bits per heavy atom. The second-order valence-electron chi connectivity index (χ2n) is 17.6. The van der Waals surface area contributed by atoms with Crippen molar-refractivity contribution >= 4 is 64.5 Å². The number of fused-ring (bicyclic) bond motifs is 2. The number of aromatic nitrogens is 9. The average molecular weight is 915 g/mol. The van der Waals surface area contributed by atoms with Gasteiger partial charge in [0.1, 0.15) is 29.3 Å². The second-order valence-corrected chi connectivity index (χ2v) is 17.6. The maximum atomic E-state index is 14.1. The minimum atomic E-state index is -1.29. The molecule has 6 aromatic rings. The van der Waals surface area contributed by atoms with Crippen LogP contribution < -0.4 is 36.8 Å². The van der Waals surface area contributed by atoms with Gasteiger partial charge < -0.3 is 41.0 Å². The largest absolute Gasteiger partial charge is 0.418 e. The zero-order valence-electron chi connectivity index (χ0n) is 35.8. The molecule has 0 radical (unpaired) electrons. The van der Waals surface area contributed by atoms with Crippen LogP contribution in [-0.2, 0) is 40.9 Å². The molecule has 2 saturated heterocycles. The van der Waals surface area contributed by atoms with Gasteiger partial charge in [0, 0.05) is 36.2 Å². The lowest BCUT2D eigenvalue weighted by molar-refractivity contribution is -0.118. The lowest BCUT2D eigenvalue weighted by atomic mass is 9.96. The van der Waals surface area contributed by atoms with E-state index < -0.39 is 35.5 Å². The van der Waals surface area contributed by atoms with Crippen LogP contribution >= 0.6 is 0 Å². The van der Waals surface area contributed by atoms with Crippen molar-refractivity contribution in [2.75, 3.05) is 44.2 Å².